The highest BCUT2D eigenvalue weighted by atomic mass is 14.9. The van der Waals surface area contributed by atoms with E-state index in [-0.39, 0.29) is 0 Å². The van der Waals surface area contributed by atoms with E-state index in [0.717, 1.165) is 0 Å². The summed E-state index contributed by atoms with van der Waals surface area (Å²) in [5.41, 5.74) is 2.82. The molecule has 0 saturated carbocycles. The van der Waals surface area contributed by atoms with E-state index in [1.165, 1.54) is 43.4 Å². The van der Waals surface area contributed by atoms with Crippen LogP contribution in [0.2, 0.25) is 0 Å². The van der Waals surface area contributed by atoms with Crippen LogP contribution >= 0.6 is 0 Å². The summed E-state index contributed by atoms with van der Waals surface area (Å²) in [4.78, 5) is 0. The number of hydrogen-bond donors (Lipinski definition) is 0. The van der Waals surface area contributed by atoms with Crippen molar-refractivity contribution in [3.8, 4) is 0 Å². The second-order valence-electron chi connectivity index (χ2n) is 3.92. The minimum atomic E-state index is 1.19. The van der Waals surface area contributed by atoms with E-state index in [9.17, 15) is 0 Å². The van der Waals surface area contributed by atoms with Crippen molar-refractivity contribution in [3.05, 3.63) is 23.5 Å². The molecule has 0 aromatic carbocycles. The zero-order chi connectivity index (χ0) is 9.68. The summed E-state index contributed by atoms with van der Waals surface area (Å²) < 4.78 is 2.32. The molecular weight excluding hydrogens is 158 g/mol. The molecule has 1 aromatic rings. The summed E-state index contributed by atoms with van der Waals surface area (Å²) in [6.07, 6.45) is 9.89. The van der Waals surface area contributed by atoms with Gasteiger partial charge in [0, 0.05) is 18.9 Å². The maximum atomic E-state index is 2.32. The molecule has 0 atom stereocenters. The predicted octanol–water partition coefficient (Wildman–Crippen LogP) is 3.69. The van der Waals surface area contributed by atoms with Crippen molar-refractivity contribution in [1.29, 1.82) is 0 Å². The van der Waals surface area contributed by atoms with Crippen molar-refractivity contribution >= 4 is 0 Å². The summed E-state index contributed by atoms with van der Waals surface area (Å²) >= 11 is 0. The Morgan fingerprint density at radius 1 is 1.00 bits per heavy atom. The van der Waals surface area contributed by atoms with E-state index in [1.54, 1.807) is 0 Å². The van der Waals surface area contributed by atoms with Gasteiger partial charge in [0.05, 0.1) is 0 Å². The van der Waals surface area contributed by atoms with Crippen molar-refractivity contribution in [2.24, 2.45) is 0 Å². The van der Waals surface area contributed by atoms with Crippen LogP contribution < -0.4 is 0 Å². The SMILES string of the molecule is CCCCCCn1cc(C)c(C)c1. The second-order valence-corrected chi connectivity index (χ2v) is 3.92. The molecule has 74 valence electrons. The Bertz CT molecular complexity index is 228. The molecule has 1 aromatic heterocycles. The van der Waals surface area contributed by atoms with E-state index in [1.807, 2.05) is 0 Å². The first-order valence-corrected chi connectivity index (χ1v) is 5.37. The molecule has 0 N–H and O–H groups in total. The van der Waals surface area contributed by atoms with Crippen LogP contribution in [0.1, 0.15) is 43.7 Å². The molecule has 0 radical (unpaired) electrons. The first-order chi connectivity index (χ1) is 6.24. The molecule has 0 aliphatic carbocycles. The summed E-state index contributed by atoms with van der Waals surface area (Å²) in [5.74, 6) is 0. The van der Waals surface area contributed by atoms with Gasteiger partial charge in [-0.15, -0.1) is 0 Å². The first-order valence-electron chi connectivity index (χ1n) is 5.37. The number of hydrogen-bond acceptors (Lipinski definition) is 0. The van der Waals surface area contributed by atoms with Gasteiger partial charge in [0.15, 0.2) is 0 Å². The third kappa shape index (κ3) is 3.25. The molecule has 1 rings (SSSR count). The maximum absolute atomic E-state index is 2.32. The standard InChI is InChI=1S/C12H21N/c1-4-5-6-7-8-13-9-11(2)12(3)10-13/h9-10H,4-8H2,1-3H3. The number of unbranched alkanes of at least 4 members (excludes halogenated alkanes) is 3. The average molecular weight is 179 g/mol. The zero-order valence-electron chi connectivity index (χ0n) is 9.14. The molecular formula is C12H21N. The summed E-state index contributed by atoms with van der Waals surface area (Å²) in [7, 11) is 0. The zero-order valence-corrected chi connectivity index (χ0v) is 9.14. The van der Waals surface area contributed by atoms with Gasteiger partial charge in [-0.25, -0.2) is 0 Å². The van der Waals surface area contributed by atoms with E-state index in [4.69, 9.17) is 0 Å². The second kappa shape index (κ2) is 5.11. The fourth-order valence-electron chi connectivity index (χ4n) is 1.59. The van der Waals surface area contributed by atoms with Gasteiger partial charge >= 0.3 is 0 Å². The van der Waals surface area contributed by atoms with Crippen molar-refractivity contribution < 1.29 is 0 Å². The summed E-state index contributed by atoms with van der Waals surface area (Å²) in [6.45, 7) is 7.80. The van der Waals surface area contributed by atoms with E-state index in [0.29, 0.717) is 0 Å². The molecule has 1 heteroatoms. The van der Waals surface area contributed by atoms with Gasteiger partial charge < -0.3 is 4.57 Å². The van der Waals surface area contributed by atoms with E-state index in [2.05, 4.69) is 37.7 Å². The molecule has 0 fully saturated rings. The molecule has 0 amide bonds. The summed E-state index contributed by atoms with van der Waals surface area (Å²) in [5, 5.41) is 0. The fraction of sp³-hybridized carbons (Fsp3) is 0.667. The molecule has 1 heterocycles. The first kappa shape index (κ1) is 10.4. The number of aromatic nitrogens is 1. The van der Waals surface area contributed by atoms with Gasteiger partial charge in [0.2, 0.25) is 0 Å². The van der Waals surface area contributed by atoms with E-state index < -0.39 is 0 Å². The van der Waals surface area contributed by atoms with Crippen LogP contribution in [0.4, 0.5) is 0 Å². The van der Waals surface area contributed by atoms with E-state index >= 15 is 0 Å². The third-order valence-electron chi connectivity index (χ3n) is 2.61. The number of rotatable bonds is 5. The normalized spacial score (nSPS) is 10.7. The lowest BCUT2D eigenvalue weighted by Gasteiger charge is -2.01. The van der Waals surface area contributed by atoms with Gasteiger partial charge in [-0.05, 0) is 31.4 Å². The molecule has 0 aliphatic heterocycles. The van der Waals surface area contributed by atoms with Crippen LogP contribution in [0, 0.1) is 13.8 Å². The van der Waals surface area contributed by atoms with Crippen molar-refractivity contribution in [1.82, 2.24) is 4.57 Å². The van der Waals surface area contributed by atoms with Crippen molar-refractivity contribution in [3.63, 3.8) is 0 Å². The monoisotopic (exact) mass is 179 g/mol. The smallest absolute Gasteiger partial charge is 0.0219 e. The Morgan fingerprint density at radius 3 is 2.15 bits per heavy atom. The Labute approximate surface area is 81.8 Å². The van der Waals surface area contributed by atoms with Gasteiger partial charge in [-0.3, -0.25) is 0 Å². The van der Waals surface area contributed by atoms with Gasteiger partial charge in [0.1, 0.15) is 0 Å². The predicted molar refractivity (Wildman–Crippen MR) is 58.0 cm³/mol. The lowest BCUT2D eigenvalue weighted by molar-refractivity contribution is 0.583. The molecule has 0 unspecified atom stereocenters. The molecule has 1 nitrogen and oxygen atoms in total. The van der Waals surface area contributed by atoms with Gasteiger partial charge in [-0.1, -0.05) is 26.2 Å². The highest BCUT2D eigenvalue weighted by molar-refractivity contribution is 5.20. The Balaban J connectivity index is 2.29. The van der Waals surface area contributed by atoms with Crippen LogP contribution in [0.25, 0.3) is 0 Å². The maximum Gasteiger partial charge on any atom is 0.0219 e. The summed E-state index contributed by atoms with van der Waals surface area (Å²) in [6, 6.07) is 0. The topological polar surface area (TPSA) is 4.93 Å². The minimum absolute atomic E-state index is 1.19. The number of aryl methyl sites for hydroxylation is 3. The highest BCUT2D eigenvalue weighted by Crippen LogP contribution is 2.09. The Morgan fingerprint density at radius 2 is 1.62 bits per heavy atom. The highest BCUT2D eigenvalue weighted by Gasteiger charge is 1.96. The molecule has 0 aliphatic rings. The molecule has 0 saturated heterocycles. The average Bonchev–Trinajstić information content (AvgIpc) is 2.41. The fourth-order valence-corrected chi connectivity index (χ4v) is 1.59. The van der Waals surface area contributed by atoms with Gasteiger partial charge in [-0.2, -0.15) is 0 Å². The van der Waals surface area contributed by atoms with Crippen molar-refractivity contribution in [2.75, 3.05) is 0 Å². The molecule has 0 spiro atoms. The quantitative estimate of drug-likeness (QED) is 0.608. The van der Waals surface area contributed by atoms with Crippen LogP contribution in [-0.4, -0.2) is 4.57 Å². The Hall–Kier alpha value is -0.720. The lowest BCUT2D eigenvalue weighted by Crippen LogP contribution is -1.93. The van der Waals surface area contributed by atoms with Gasteiger partial charge in [0.25, 0.3) is 0 Å². The van der Waals surface area contributed by atoms with Crippen LogP contribution in [0.15, 0.2) is 12.4 Å². The number of nitrogens with zero attached hydrogens (tertiary/aromatic N) is 1. The van der Waals surface area contributed by atoms with Crippen LogP contribution in [-0.2, 0) is 6.54 Å². The Kier molecular flexibility index (Phi) is 4.07. The lowest BCUT2D eigenvalue weighted by atomic mass is 10.2. The van der Waals surface area contributed by atoms with Crippen LogP contribution in [0.3, 0.4) is 0 Å². The van der Waals surface area contributed by atoms with Crippen molar-refractivity contribution in [2.45, 2.75) is 53.0 Å². The third-order valence-corrected chi connectivity index (χ3v) is 2.61. The largest absolute Gasteiger partial charge is 0.354 e. The molecule has 13 heavy (non-hydrogen) atoms. The minimum Gasteiger partial charge on any atom is -0.354 e. The van der Waals surface area contributed by atoms with Crippen LogP contribution in [0.5, 0.6) is 0 Å². The molecule has 0 bridgehead atoms.